The van der Waals surface area contributed by atoms with Gasteiger partial charge in [0.2, 0.25) is 0 Å². The molecule has 20 heavy (non-hydrogen) atoms. The zero-order valence-corrected chi connectivity index (χ0v) is 10.9. The van der Waals surface area contributed by atoms with E-state index >= 15 is 0 Å². The van der Waals surface area contributed by atoms with Gasteiger partial charge in [-0.1, -0.05) is 54.6 Å². The summed E-state index contributed by atoms with van der Waals surface area (Å²) in [6, 6.07) is 17.4. The molecule has 0 heterocycles. The van der Waals surface area contributed by atoms with Crippen LogP contribution in [0.5, 0.6) is 0 Å². The van der Waals surface area contributed by atoms with Gasteiger partial charge < -0.3 is 14.9 Å². The predicted molar refractivity (Wildman–Crippen MR) is 75.3 cm³/mol. The summed E-state index contributed by atoms with van der Waals surface area (Å²) in [5.74, 6) is -1.04. The lowest BCUT2D eigenvalue weighted by atomic mass is 10.0. The summed E-state index contributed by atoms with van der Waals surface area (Å²) >= 11 is 0. The van der Waals surface area contributed by atoms with Crippen molar-refractivity contribution in [3.8, 4) is 11.1 Å². The molecule has 4 heteroatoms. The first-order valence-corrected chi connectivity index (χ1v) is 6.30. The van der Waals surface area contributed by atoms with Gasteiger partial charge in [0.1, 0.15) is 12.7 Å². The largest absolute Gasteiger partial charge is 0.480 e. The maximum Gasteiger partial charge on any atom is 0.329 e. The van der Waals surface area contributed by atoms with Crippen LogP contribution in [0.25, 0.3) is 11.1 Å². The molecule has 0 bridgehead atoms. The topological polar surface area (TPSA) is 66.8 Å². The van der Waals surface area contributed by atoms with E-state index in [0.717, 1.165) is 11.1 Å². The van der Waals surface area contributed by atoms with Crippen molar-refractivity contribution < 1.29 is 19.7 Å². The van der Waals surface area contributed by atoms with E-state index in [1.807, 2.05) is 54.6 Å². The van der Waals surface area contributed by atoms with Crippen molar-refractivity contribution in [2.24, 2.45) is 0 Å². The number of carbonyl (C=O) groups is 1. The Kier molecular flexibility index (Phi) is 4.87. The monoisotopic (exact) mass is 272 g/mol. The molecule has 1 unspecified atom stereocenters. The van der Waals surface area contributed by atoms with Gasteiger partial charge in [-0.2, -0.15) is 0 Å². The number of aliphatic hydroxyl groups excluding tert-OH is 1. The van der Waals surface area contributed by atoms with E-state index in [2.05, 4.69) is 0 Å². The summed E-state index contributed by atoms with van der Waals surface area (Å²) in [4.78, 5) is 10.3. The van der Waals surface area contributed by atoms with Gasteiger partial charge in [-0.05, 0) is 16.7 Å². The van der Waals surface area contributed by atoms with Crippen LogP contribution in [0.3, 0.4) is 0 Å². The Morgan fingerprint density at radius 2 is 1.60 bits per heavy atom. The molecule has 2 rings (SSSR count). The summed E-state index contributed by atoms with van der Waals surface area (Å²) < 4.78 is 4.88. The highest BCUT2D eigenvalue weighted by molar-refractivity contribution is 5.68. The van der Waals surface area contributed by atoms with Crippen LogP contribution >= 0.6 is 0 Å². The lowest BCUT2D eigenvalue weighted by Crippen LogP contribution is -2.13. The van der Waals surface area contributed by atoms with Crippen molar-refractivity contribution in [1.82, 2.24) is 0 Å². The van der Waals surface area contributed by atoms with Crippen LogP contribution in [-0.4, -0.2) is 29.4 Å². The van der Waals surface area contributed by atoms with E-state index in [4.69, 9.17) is 9.84 Å². The van der Waals surface area contributed by atoms with Gasteiger partial charge in [-0.3, -0.25) is 0 Å². The SMILES string of the molecule is O=C(O)COCC(O)c1ccc(-c2ccccc2)cc1. The second-order valence-corrected chi connectivity index (χ2v) is 4.41. The third kappa shape index (κ3) is 3.91. The number of rotatable bonds is 6. The molecular weight excluding hydrogens is 256 g/mol. The van der Waals surface area contributed by atoms with Gasteiger partial charge in [0.05, 0.1) is 6.61 Å². The minimum atomic E-state index is -1.04. The minimum Gasteiger partial charge on any atom is -0.480 e. The molecule has 0 aliphatic rings. The van der Waals surface area contributed by atoms with Gasteiger partial charge in [0.15, 0.2) is 0 Å². The summed E-state index contributed by atoms with van der Waals surface area (Å²) in [5.41, 5.74) is 2.87. The molecular formula is C16H16O4. The van der Waals surface area contributed by atoms with E-state index in [0.29, 0.717) is 5.56 Å². The fourth-order valence-corrected chi connectivity index (χ4v) is 1.88. The molecule has 2 N–H and O–H groups in total. The number of benzene rings is 2. The van der Waals surface area contributed by atoms with Crippen molar-refractivity contribution in [2.45, 2.75) is 6.10 Å². The van der Waals surface area contributed by atoms with Crippen molar-refractivity contribution in [1.29, 1.82) is 0 Å². The van der Waals surface area contributed by atoms with Gasteiger partial charge in [0.25, 0.3) is 0 Å². The van der Waals surface area contributed by atoms with E-state index in [9.17, 15) is 9.90 Å². The lowest BCUT2D eigenvalue weighted by molar-refractivity contribution is -0.143. The van der Waals surface area contributed by atoms with Crippen molar-refractivity contribution in [3.63, 3.8) is 0 Å². The summed E-state index contributed by atoms with van der Waals surface area (Å²) in [6.07, 6.45) is -0.820. The quantitative estimate of drug-likeness (QED) is 0.847. The minimum absolute atomic E-state index is 0.0308. The Hall–Kier alpha value is -2.17. The fraction of sp³-hybridized carbons (Fsp3) is 0.188. The highest BCUT2D eigenvalue weighted by atomic mass is 16.5. The molecule has 0 saturated carbocycles. The molecule has 104 valence electrons. The van der Waals surface area contributed by atoms with Gasteiger partial charge in [-0.25, -0.2) is 4.79 Å². The molecule has 0 aliphatic carbocycles. The average Bonchev–Trinajstić information content (AvgIpc) is 2.48. The van der Waals surface area contributed by atoms with Gasteiger partial charge in [0, 0.05) is 0 Å². The molecule has 4 nitrogen and oxygen atoms in total. The zero-order valence-electron chi connectivity index (χ0n) is 10.9. The fourth-order valence-electron chi connectivity index (χ4n) is 1.88. The number of aliphatic hydroxyl groups is 1. The number of hydrogen-bond donors (Lipinski definition) is 2. The van der Waals surface area contributed by atoms with Crippen LogP contribution in [0, 0.1) is 0 Å². The third-order valence-electron chi connectivity index (χ3n) is 2.90. The maximum absolute atomic E-state index is 10.3. The Bertz CT molecular complexity index is 548. The number of ether oxygens (including phenoxy) is 1. The molecule has 1 atom stereocenters. The summed E-state index contributed by atoms with van der Waals surface area (Å²) in [7, 11) is 0. The van der Waals surface area contributed by atoms with Crippen LogP contribution in [0.4, 0.5) is 0 Å². The van der Waals surface area contributed by atoms with E-state index in [1.54, 1.807) is 0 Å². The molecule has 0 spiro atoms. The number of hydrogen-bond acceptors (Lipinski definition) is 3. The second kappa shape index (κ2) is 6.84. The number of carboxylic acids is 1. The average molecular weight is 272 g/mol. The molecule has 2 aromatic rings. The number of aliphatic carboxylic acids is 1. The zero-order chi connectivity index (χ0) is 14.4. The highest BCUT2D eigenvalue weighted by Crippen LogP contribution is 2.21. The second-order valence-electron chi connectivity index (χ2n) is 4.41. The molecule has 0 radical (unpaired) electrons. The van der Waals surface area contributed by atoms with Gasteiger partial charge >= 0.3 is 5.97 Å². The molecule has 0 aromatic heterocycles. The predicted octanol–water partition coefficient (Wildman–Crippen LogP) is 2.49. The molecule has 0 amide bonds. The Labute approximate surface area is 117 Å². The first kappa shape index (κ1) is 14.2. The Morgan fingerprint density at radius 1 is 1.00 bits per heavy atom. The van der Waals surface area contributed by atoms with Crippen LogP contribution in [0.1, 0.15) is 11.7 Å². The first-order valence-electron chi connectivity index (χ1n) is 6.30. The summed E-state index contributed by atoms with van der Waals surface area (Å²) in [6.45, 7) is -0.434. The highest BCUT2D eigenvalue weighted by Gasteiger charge is 2.09. The normalized spacial score (nSPS) is 12.1. The standard InChI is InChI=1S/C16H16O4/c17-15(10-20-11-16(18)19)14-8-6-13(7-9-14)12-4-2-1-3-5-12/h1-9,15,17H,10-11H2,(H,18,19). The van der Waals surface area contributed by atoms with Crippen molar-refractivity contribution in [2.75, 3.05) is 13.2 Å². The first-order chi connectivity index (χ1) is 9.66. The van der Waals surface area contributed by atoms with Crippen LogP contribution < -0.4 is 0 Å². The van der Waals surface area contributed by atoms with Crippen LogP contribution in [0.2, 0.25) is 0 Å². The summed E-state index contributed by atoms with van der Waals surface area (Å²) in [5, 5.41) is 18.3. The maximum atomic E-state index is 10.3. The van der Waals surface area contributed by atoms with Crippen molar-refractivity contribution >= 4 is 5.97 Å². The lowest BCUT2D eigenvalue weighted by Gasteiger charge is -2.11. The van der Waals surface area contributed by atoms with Crippen LogP contribution in [-0.2, 0) is 9.53 Å². The van der Waals surface area contributed by atoms with Gasteiger partial charge in [-0.15, -0.1) is 0 Å². The van der Waals surface area contributed by atoms with E-state index in [-0.39, 0.29) is 6.61 Å². The number of carboxylic acid groups (broad SMARTS) is 1. The molecule has 0 fully saturated rings. The molecule has 0 aliphatic heterocycles. The van der Waals surface area contributed by atoms with Crippen molar-refractivity contribution in [3.05, 3.63) is 60.2 Å². The molecule has 0 saturated heterocycles. The molecule has 2 aromatic carbocycles. The third-order valence-corrected chi connectivity index (χ3v) is 2.90. The Balaban J connectivity index is 1.99. The van der Waals surface area contributed by atoms with E-state index < -0.39 is 18.7 Å². The smallest absolute Gasteiger partial charge is 0.329 e. The van der Waals surface area contributed by atoms with E-state index in [1.165, 1.54) is 0 Å². The Morgan fingerprint density at radius 3 is 2.20 bits per heavy atom. The van der Waals surface area contributed by atoms with Crippen LogP contribution in [0.15, 0.2) is 54.6 Å².